The minimum absolute atomic E-state index is 0.185. The van der Waals surface area contributed by atoms with Gasteiger partial charge in [-0.1, -0.05) is 30.3 Å². The lowest BCUT2D eigenvalue weighted by molar-refractivity contribution is 0.100. The van der Waals surface area contributed by atoms with Crippen molar-refractivity contribution in [3.63, 3.8) is 0 Å². The first-order valence-electron chi connectivity index (χ1n) is 12.4. The van der Waals surface area contributed by atoms with Crippen molar-refractivity contribution in [2.24, 2.45) is 5.73 Å². The number of carbonyl (C=O) groups excluding carboxylic acids is 1. The van der Waals surface area contributed by atoms with Crippen LogP contribution in [0.15, 0.2) is 48.7 Å². The van der Waals surface area contributed by atoms with Gasteiger partial charge >= 0.3 is 0 Å². The van der Waals surface area contributed by atoms with Crippen molar-refractivity contribution in [1.82, 2.24) is 14.2 Å². The first-order valence-corrected chi connectivity index (χ1v) is 14.0. The molecule has 35 heavy (non-hydrogen) atoms. The second-order valence-corrected chi connectivity index (χ2v) is 11.9. The smallest absolute Gasteiger partial charge is 0.250 e. The van der Waals surface area contributed by atoms with E-state index in [9.17, 15) is 13.2 Å². The molecule has 1 aromatic heterocycles. The molecule has 0 bridgehead atoms. The summed E-state index contributed by atoms with van der Waals surface area (Å²) in [5.74, 6) is -0.0660. The van der Waals surface area contributed by atoms with Crippen LogP contribution in [0, 0.1) is 0 Å². The Morgan fingerprint density at radius 1 is 1.14 bits per heavy atom. The average Bonchev–Trinajstić information content (AvgIpc) is 3.27. The van der Waals surface area contributed by atoms with E-state index < -0.39 is 15.9 Å². The van der Waals surface area contributed by atoms with Crippen LogP contribution < -0.4 is 5.73 Å². The first-order chi connectivity index (χ1) is 16.7. The van der Waals surface area contributed by atoms with Crippen LogP contribution in [0.4, 0.5) is 0 Å². The standard InChI is InChI=1S/C27H36N4O3S/c1-19(2)30(3)12-7-15-35(33,34)31-13-10-21(11-14-31)25-18-29-26-23(25)16-22(17-24(26)27(28)32)20-8-5-4-6-9-20/h4-6,8-9,16-19,21,29H,7,10-15H2,1-3H3,(H2,28,32). The van der Waals surface area contributed by atoms with Crippen LogP contribution >= 0.6 is 0 Å². The molecule has 0 spiro atoms. The summed E-state index contributed by atoms with van der Waals surface area (Å²) in [7, 11) is -1.24. The largest absolute Gasteiger partial charge is 0.366 e. The van der Waals surface area contributed by atoms with Crippen LogP contribution in [0.1, 0.15) is 54.9 Å². The van der Waals surface area contributed by atoms with Crippen LogP contribution in [-0.4, -0.2) is 67.0 Å². The van der Waals surface area contributed by atoms with Gasteiger partial charge in [-0.3, -0.25) is 4.79 Å². The number of amides is 1. The van der Waals surface area contributed by atoms with Gasteiger partial charge in [0.05, 0.1) is 16.8 Å². The minimum atomic E-state index is -3.26. The lowest BCUT2D eigenvalue weighted by atomic mass is 9.88. The fourth-order valence-electron chi connectivity index (χ4n) is 4.91. The highest BCUT2D eigenvalue weighted by Gasteiger charge is 2.30. The summed E-state index contributed by atoms with van der Waals surface area (Å²) in [5.41, 5.74) is 10.0. The molecule has 0 unspecified atom stereocenters. The van der Waals surface area contributed by atoms with E-state index in [2.05, 4.69) is 29.8 Å². The molecule has 2 heterocycles. The molecule has 1 amide bonds. The molecular formula is C27H36N4O3S. The van der Waals surface area contributed by atoms with Gasteiger partial charge in [0.1, 0.15) is 0 Å². The maximum atomic E-state index is 12.9. The summed E-state index contributed by atoms with van der Waals surface area (Å²) >= 11 is 0. The van der Waals surface area contributed by atoms with Gasteiger partial charge in [-0.2, -0.15) is 0 Å². The third kappa shape index (κ3) is 5.60. The van der Waals surface area contributed by atoms with Crippen molar-refractivity contribution < 1.29 is 13.2 Å². The number of hydrogen-bond donors (Lipinski definition) is 2. The quantitative estimate of drug-likeness (QED) is 0.464. The summed E-state index contributed by atoms with van der Waals surface area (Å²) in [6.45, 7) is 6.02. The first kappa shape index (κ1) is 25.4. The fraction of sp³-hybridized carbons (Fsp3) is 0.444. The molecule has 1 saturated heterocycles. The molecule has 0 atom stereocenters. The van der Waals surface area contributed by atoms with E-state index in [0.29, 0.717) is 31.1 Å². The minimum Gasteiger partial charge on any atom is -0.366 e. The second-order valence-electron chi connectivity index (χ2n) is 9.84. The molecule has 1 aliphatic rings. The molecule has 188 valence electrons. The van der Waals surface area contributed by atoms with E-state index in [-0.39, 0.29) is 11.7 Å². The number of benzene rings is 2. The zero-order chi connectivity index (χ0) is 25.2. The molecule has 0 saturated carbocycles. The Morgan fingerprint density at radius 3 is 2.46 bits per heavy atom. The highest BCUT2D eigenvalue weighted by atomic mass is 32.2. The Balaban J connectivity index is 1.51. The summed E-state index contributed by atoms with van der Waals surface area (Å²) < 4.78 is 27.5. The molecular weight excluding hydrogens is 460 g/mol. The van der Waals surface area contributed by atoms with Gasteiger partial charge in [0.15, 0.2) is 0 Å². The van der Waals surface area contributed by atoms with Crippen LogP contribution in [0.3, 0.4) is 0 Å². The molecule has 3 N–H and O–H groups in total. The molecule has 8 heteroatoms. The van der Waals surface area contributed by atoms with Crippen molar-refractivity contribution >= 4 is 26.8 Å². The predicted octanol–water partition coefficient (Wildman–Crippen LogP) is 4.17. The number of hydrogen-bond acceptors (Lipinski definition) is 4. The molecule has 0 radical (unpaired) electrons. The molecule has 3 aromatic rings. The Kier molecular flexibility index (Phi) is 7.64. The Hall–Kier alpha value is -2.68. The van der Waals surface area contributed by atoms with Crippen LogP contribution in [0.5, 0.6) is 0 Å². The van der Waals surface area contributed by atoms with Crippen molar-refractivity contribution in [1.29, 1.82) is 0 Å². The summed E-state index contributed by atoms with van der Waals surface area (Å²) in [5, 5.41) is 0.984. The SMILES string of the molecule is CC(C)N(C)CCCS(=O)(=O)N1CCC(c2c[nH]c3c(C(N)=O)cc(-c4ccccc4)cc23)CC1. The molecule has 1 aliphatic heterocycles. The van der Waals surface area contributed by atoms with E-state index in [0.717, 1.165) is 47.0 Å². The zero-order valence-electron chi connectivity index (χ0n) is 20.8. The number of aromatic nitrogens is 1. The van der Waals surface area contributed by atoms with E-state index >= 15 is 0 Å². The number of nitrogens with zero attached hydrogens (tertiary/aromatic N) is 2. The van der Waals surface area contributed by atoms with E-state index in [4.69, 9.17) is 5.73 Å². The van der Waals surface area contributed by atoms with Gasteiger partial charge in [-0.25, -0.2) is 12.7 Å². The highest BCUT2D eigenvalue weighted by molar-refractivity contribution is 7.89. The number of sulfonamides is 1. The van der Waals surface area contributed by atoms with E-state index in [1.807, 2.05) is 49.6 Å². The number of rotatable bonds is 9. The van der Waals surface area contributed by atoms with Gasteiger partial charge in [0.25, 0.3) is 5.91 Å². The second kappa shape index (κ2) is 10.5. The lowest BCUT2D eigenvalue weighted by Gasteiger charge is -2.31. The monoisotopic (exact) mass is 496 g/mol. The molecule has 1 fully saturated rings. The van der Waals surface area contributed by atoms with Gasteiger partial charge < -0.3 is 15.6 Å². The maximum Gasteiger partial charge on any atom is 0.250 e. The molecule has 4 rings (SSSR count). The summed E-state index contributed by atoms with van der Waals surface area (Å²) in [4.78, 5) is 17.7. The third-order valence-corrected chi connectivity index (χ3v) is 9.23. The number of piperidine rings is 1. The van der Waals surface area contributed by atoms with Crippen molar-refractivity contribution in [2.45, 2.75) is 45.1 Å². The normalized spacial score (nSPS) is 15.9. The average molecular weight is 497 g/mol. The molecule has 0 aliphatic carbocycles. The number of nitrogens with two attached hydrogens (primary N) is 1. The van der Waals surface area contributed by atoms with Crippen LogP contribution in [0.25, 0.3) is 22.0 Å². The van der Waals surface area contributed by atoms with Crippen molar-refractivity contribution in [3.05, 3.63) is 59.8 Å². The number of primary amides is 1. The summed E-state index contributed by atoms with van der Waals surface area (Å²) in [6, 6.07) is 14.3. The Morgan fingerprint density at radius 2 is 1.83 bits per heavy atom. The van der Waals surface area contributed by atoms with Gasteiger partial charge in [0, 0.05) is 30.7 Å². The van der Waals surface area contributed by atoms with Crippen LogP contribution in [-0.2, 0) is 10.0 Å². The third-order valence-electron chi connectivity index (χ3n) is 7.28. The maximum absolute atomic E-state index is 12.9. The molecule has 2 aromatic carbocycles. The molecule has 7 nitrogen and oxygen atoms in total. The number of nitrogens with one attached hydrogen (secondary N) is 1. The Labute approximate surface area is 208 Å². The van der Waals surface area contributed by atoms with Gasteiger partial charge in [-0.05, 0) is 81.4 Å². The topological polar surface area (TPSA) is 99.5 Å². The predicted molar refractivity (Wildman–Crippen MR) is 142 cm³/mol. The summed E-state index contributed by atoms with van der Waals surface area (Å²) in [6.07, 6.45) is 4.10. The lowest BCUT2D eigenvalue weighted by Crippen LogP contribution is -2.40. The highest BCUT2D eigenvalue weighted by Crippen LogP contribution is 2.37. The van der Waals surface area contributed by atoms with Gasteiger partial charge in [-0.15, -0.1) is 0 Å². The van der Waals surface area contributed by atoms with Crippen molar-refractivity contribution in [2.75, 3.05) is 32.4 Å². The van der Waals surface area contributed by atoms with Crippen molar-refractivity contribution in [3.8, 4) is 11.1 Å². The Bertz CT molecular complexity index is 1280. The number of fused-ring (bicyclic) bond motifs is 1. The zero-order valence-corrected chi connectivity index (χ0v) is 21.6. The number of aromatic amines is 1. The van der Waals surface area contributed by atoms with Gasteiger partial charge in [0.2, 0.25) is 10.0 Å². The van der Waals surface area contributed by atoms with Crippen LogP contribution in [0.2, 0.25) is 0 Å². The number of H-pyrrole nitrogens is 1. The van der Waals surface area contributed by atoms with E-state index in [1.54, 1.807) is 4.31 Å². The number of carbonyl (C=O) groups is 1. The fourth-order valence-corrected chi connectivity index (χ4v) is 6.43. The van der Waals surface area contributed by atoms with E-state index in [1.165, 1.54) is 0 Å².